The molecule has 0 bridgehead atoms. The molecule has 4 rings (SSSR count). The third kappa shape index (κ3) is 8.85. The Labute approximate surface area is 250 Å². The van der Waals surface area contributed by atoms with Crippen molar-refractivity contribution in [2.45, 2.75) is 64.0 Å². The molecule has 230 valence electrons. The quantitative estimate of drug-likeness (QED) is 0.293. The average Bonchev–Trinajstić information content (AvgIpc) is 3.03. The van der Waals surface area contributed by atoms with E-state index in [0.29, 0.717) is 50.3 Å². The van der Waals surface area contributed by atoms with Crippen molar-refractivity contribution >= 4 is 11.9 Å². The SMILES string of the molecule is CCCC(=O)N1CCCCC1C(=O)O[C@H](CCc1ccc(OC)c(OC)c1)c1cccc(OCCN2CCOCC2)c1. The first-order valence-corrected chi connectivity index (χ1v) is 15.3. The number of carbonyl (C=O) groups excluding carboxylic acids is 2. The van der Waals surface area contributed by atoms with Crippen LogP contribution in [0.2, 0.25) is 0 Å². The van der Waals surface area contributed by atoms with Gasteiger partial charge in [-0.25, -0.2) is 4.79 Å². The average molecular weight is 583 g/mol. The van der Waals surface area contributed by atoms with Gasteiger partial charge in [0.1, 0.15) is 24.5 Å². The van der Waals surface area contributed by atoms with Gasteiger partial charge in [-0.3, -0.25) is 9.69 Å². The van der Waals surface area contributed by atoms with Crippen LogP contribution in [-0.2, 0) is 25.5 Å². The van der Waals surface area contributed by atoms with Gasteiger partial charge in [0.2, 0.25) is 5.91 Å². The number of rotatable bonds is 14. The molecule has 1 unspecified atom stereocenters. The number of likely N-dealkylation sites (tertiary alicyclic amines) is 1. The molecular weight excluding hydrogens is 536 g/mol. The first-order valence-electron chi connectivity index (χ1n) is 15.3. The molecule has 2 aliphatic rings. The topological polar surface area (TPSA) is 86.8 Å². The van der Waals surface area contributed by atoms with Crippen molar-refractivity contribution in [3.05, 3.63) is 53.6 Å². The van der Waals surface area contributed by atoms with Crippen molar-refractivity contribution in [2.75, 3.05) is 60.2 Å². The zero-order chi connectivity index (χ0) is 29.7. The second kappa shape index (κ2) is 16.4. The molecular formula is C33H46N2O7. The second-order valence-corrected chi connectivity index (χ2v) is 10.9. The van der Waals surface area contributed by atoms with Crippen LogP contribution >= 0.6 is 0 Å². The fourth-order valence-corrected chi connectivity index (χ4v) is 5.60. The fourth-order valence-electron chi connectivity index (χ4n) is 5.60. The molecule has 0 saturated carbocycles. The van der Waals surface area contributed by atoms with E-state index in [1.165, 1.54) is 0 Å². The highest BCUT2D eigenvalue weighted by Crippen LogP contribution is 2.32. The highest BCUT2D eigenvalue weighted by Gasteiger charge is 2.34. The molecule has 0 spiro atoms. The van der Waals surface area contributed by atoms with E-state index in [2.05, 4.69) is 4.90 Å². The summed E-state index contributed by atoms with van der Waals surface area (Å²) in [6.45, 7) is 7.31. The van der Waals surface area contributed by atoms with Gasteiger partial charge in [0.15, 0.2) is 11.5 Å². The van der Waals surface area contributed by atoms with Gasteiger partial charge in [-0.05, 0) is 73.9 Å². The molecule has 0 aliphatic carbocycles. The summed E-state index contributed by atoms with van der Waals surface area (Å²) in [4.78, 5) is 30.5. The van der Waals surface area contributed by atoms with E-state index >= 15 is 0 Å². The molecule has 0 radical (unpaired) electrons. The van der Waals surface area contributed by atoms with Crippen molar-refractivity contribution in [3.63, 3.8) is 0 Å². The van der Waals surface area contributed by atoms with Crippen LogP contribution < -0.4 is 14.2 Å². The van der Waals surface area contributed by atoms with E-state index in [1.54, 1.807) is 19.1 Å². The van der Waals surface area contributed by atoms with Crippen LogP contribution in [0, 0.1) is 0 Å². The Morgan fingerprint density at radius 2 is 1.81 bits per heavy atom. The minimum atomic E-state index is -0.547. The monoisotopic (exact) mass is 582 g/mol. The smallest absolute Gasteiger partial charge is 0.329 e. The number of amides is 1. The van der Waals surface area contributed by atoms with Gasteiger partial charge in [-0.15, -0.1) is 0 Å². The Kier molecular flexibility index (Phi) is 12.3. The standard InChI is InChI=1S/C33H46N2O7/c1-4-8-32(36)35-16-6-5-11-28(35)33(37)42-29(14-12-25-13-15-30(38-2)31(23-25)39-3)26-9-7-10-27(24-26)41-22-19-34-17-20-40-21-18-34/h7,9-10,13,15,23-24,28-29H,4-6,8,11-12,14,16-22H2,1-3H3/t28?,29-/m1/s1. The van der Waals surface area contributed by atoms with Gasteiger partial charge in [0.05, 0.1) is 27.4 Å². The normalized spacial score (nSPS) is 18.3. The van der Waals surface area contributed by atoms with E-state index in [9.17, 15) is 9.59 Å². The Morgan fingerprint density at radius 3 is 2.57 bits per heavy atom. The number of piperidine rings is 1. The van der Waals surface area contributed by atoms with Crippen LogP contribution in [0.25, 0.3) is 0 Å². The Morgan fingerprint density at radius 1 is 1.00 bits per heavy atom. The van der Waals surface area contributed by atoms with Crippen molar-refractivity contribution < 1.29 is 33.3 Å². The zero-order valence-corrected chi connectivity index (χ0v) is 25.3. The van der Waals surface area contributed by atoms with Crippen molar-refractivity contribution in [3.8, 4) is 17.2 Å². The molecule has 42 heavy (non-hydrogen) atoms. The summed E-state index contributed by atoms with van der Waals surface area (Å²) in [7, 11) is 3.23. The molecule has 2 aromatic rings. The number of benzene rings is 2. The van der Waals surface area contributed by atoms with Gasteiger partial charge in [0, 0.05) is 32.6 Å². The third-order valence-corrected chi connectivity index (χ3v) is 7.97. The lowest BCUT2D eigenvalue weighted by Crippen LogP contribution is -2.48. The maximum absolute atomic E-state index is 13.6. The molecule has 2 aromatic carbocycles. The lowest BCUT2D eigenvalue weighted by Gasteiger charge is -2.35. The predicted octanol–water partition coefficient (Wildman–Crippen LogP) is 4.81. The van der Waals surface area contributed by atoms with Gasteiger partial charge in [0.25, 0.3) is 0 Å². The fraction of sp³-hybridized carbons (Fsp3) is 0.576. The molecule has 0 aromatic heterocycles. The van der Waals surface area contributed by atoms with Crippen LogP contribution in [0.15, 0.2) is 42.5 Å². The zero-order valence-electron chi connectivity index (χ0n) is 25.3. The summed E-state index contributed by atoms with van der Waals surface area (Å²) < 4.78 is 28.7. The lowest BCUT2D eigenvalue weighted by molar-refractivity contribution is -0.162. The molecule has 1 amide bonds. The summed E-state index contributed by atoms with van der Waals surface area (Å²) in [6.07, 6.45) is 4.35. The van der Waals surface area contributed by atoms with E-state index in [4.69, 9.17) is 23.7 Å². The van der Waals surface area contributed by atoms with E-state index in [0.717, 1.165) is 69.0 Å². The molecule has 2 fully saturated rings. The molecule has 2 aliphatic heterocycles. The number of esters is 1. The summed E-state index contributed by atoms with van der Waals surface area (Å²) in [6, 6.07) is 13.1. The van der Waals surface area contributed by atoms with Crippen LogP contribution in [0.3, 0.4) is 0 Å². The lowest BCUT2D eigenvalue weighted by atomic mass is 9.99. The Balaban J connectivity index is 1.49. The molecule has 2 saturated heterocycles. The molecule has 2 heterocycles. The number of aryl methyl sites for hydroxylation is 1. The predicted molar refractivity (Wildman–Crippen MR) is 160 cm³/mol. The number of ether oxygens (including phenoxy) is 5. The minimum absolute atomic E-state index is 0.0247. The number of carbonyl (C=O) groups is 2. The Hall–Kier alpha value is -3.30. The largest absolute Gasteiger partial charge is 0.493 e. The van der Waals surface area contributed by atoms with Crippen molar-refractivity contribution in [2.24, 2.45) is 0 Å². The van der Waals surface area contributed by atoms with Gasteiger partial charge in [-0.2, -0.15) is 0 Å². The second-order valence-electron chi connectivity index (χ2n) is 10.9. The maximum Gasteiger partial charge on any atom is 0.329 e. The maximum atomic E-state index is 13.6. The van der Waals surface area contributed by atoms with Gasteiger partial charge < -0.3 is 28.6 Å². The first kappa shape index (κ1) is 31.6. The van der Waals surface area contributed by atoms with Gasteiger partial charge >= 0.3 is 5.97 Å². The van der Waals surface area contributed by atoms with E-state index < -0.39 is 12.1 Å². The third-order valence-electron chi connectivity index (χ3n) is 7.97. The molecule has 2 atom stereocenters. The van der Waals surface area contributed by atoms with E-state index in [1.807, 2.05) is 49.4 Å². The van der Waals surface area contributed by atoms with Crippen LogP contribution in [-0.4, -0.2) is 87.9 Å². The Bertz CT molecular complexity index is 1150. The first-order chi connectivity index (χ1) is 20.5. The van der Waals surface area contributed by atoms with Crippen LogP contribution in [0.1, 0.15) is 62.7 Å². The van der Waals surface area contributed by atoms with E-state index in [-0.39, 0.29) is 11.9 Å². The molecule has 9 nitrogen and oxygen atoms in total. The number of methoxy groups -OCH3 is 2. The minimum Gasteiger partial charge on any atom is -0.493 e. The van der Waals surface area contributed by atoms with Crippen LogP contribution in [0.4, 0.5) is 0 Å². The summed E-state index contributed by atoms with van der Waals surface area (Å²) in [5.74, 6) is 1.75. The molecule has 0 N–H and O–H groups in total. The van der Waals surface area contributed by atoms with Gasteiger partial charge in [-0.1, -0.05) is 25.1 Å². The summed E-state index contributed by atoms with van der Waals surface area (Å²) in [5, 5.41) is 0. The number of nitrogens with zero attached hydrogens (tertiary/aromatic N) is 2. The highest BCUT2D eigenvalue weighted by atomic mass is 16.5. The summed E-state index contributed by atoms with van der Waals surface area (Å²) >= 11 is 0. The summed E-state index contributed by atoms with van der Waals surface area (Å²) in [5.41, 5.74) is 1.92. The molecule has 9 heteroatoms. The number of hydrogen-bond donors (Lipinski definition) is 0. The van der Waals surface area contributed by atoms with Crippen molar-refractivity contribution in [1.29, 1.82) is 0 Å². The highest BCUT2D eigenvalue weighted by molar-refractivity contribution is 5.85. The van der Waals surface area contributed by atoms with Crippen molar-refractivity contribution in [1.82, 2.24) is 9.80 Å². The van der Waals surface area contributed by atoms with Crippen LogP contribution in [0.5, 0.6) is 17.2 Å². The number of morpholine rings is 1. The number of hydrogen-bond acceptors (Lipinski definition) is 8.